The van der Waals surface area contributed by atoms with Gasteiger partial charge in [0.2, 0.25) is 0 Å². The van der Waals surface area contributed by atoms with Gasteiger partial charge < -0.3 is 4.57 Å². The van der Waals surface area contributed by atoms with E-state index in [4.69, 9.17) is 0 Å². The fourth-order valence-corrected chi connectivity index (χ4v) is 5.90. The highest BCUT2D eigenvalue weighted by Crippen LogP contribution is 2.34. The van der Waals surface area contributed by atoms with Crippen LogP contribution in [0, 0.1) is 27.7 Å². The summed E-state index contributed by atoms with van der Waals surface area (Å²) in [5, 5.41) is 0.716. The van der Waals surface area contributed by atoms with Crippen molar-refractivity contribution in [1.29, 1.82) is 0 Å². The van der Waals surface area contributed by atoms with E-state index in [1.54, 1.807) is 11.3 Å². The van der Waals surface area contributed by atoms with Crippen LogP contribution < -0.4 is 5.56 Å². The van der Waals surface area contributed by atoms with Crippen LogP contribution in [0.5, 0.6) is 0 Å². The van der Waals surface area contributed by atoms with Crippen LogP contribution in [0.3, 0.4) is 0 Å². The third-order valence-electron chi connectivity index (χ3n) is 6.49. The molecule has 31 heavy (non-hydrogen) atoms. The molecule has 3 aromatic heterocycles. The van der Waals surface area contributed by atoms with Gasteiger partial charge in [0.15, 0.2) is 5.78 Å². The number of hydrogen-bond acceptors (Lipinski definition) is 4. The quantitative estimate of drug-likeness (QED) is 0.434. The number of aryl methyl sites for hydroxylation is 5. The van der Waals surface area contributed by atoms with Gasteiger partial charge in [0.25, 0.3) is 5.56 Å². The number of rotatable bonds is 4. The van der Waals surface area contributed by atoms with E-state index in [9.17, 15) is 9.59 Å². The Balaban J connectivity index is 1.51. The number of carbonyl (C=O) groups is 1. The summed E-state index contributed by atoms with van der Waals surface area (Å²) in [6, 6.07) is 8.25. The highest BCUT2D eigenvalue weighted by atomic mass is 32.1. The zero-order valence-electron chi connectivity index (χ0n) is 18.3. The van der Waals surface area contributed by atoms with E-state index in [1.165, 1.54) is 26.9 Å². The van der Waals surface area contributed by atoms with Gasteiger partial charge in [-0.3, -0.25) is 14.2 Å². The van der Waals surface area contributed by atoms with Crippen molar-refractivity contribution in [1.82, 2.24) is 14.1 Å². The van der Waals surface area contributed by atoms with Crippen LogP contribution in [0.2, 0.25) is 0 Å². The van der Waals surface area contributed by atoms with E-state index in [-0.39, 0.29) is 17.9 Å². The summed E-state index contributed by atoms with van der Waals surface area (Å²) in [5.41, 5.74) is 7.10. The van der Waals surface area contributed by atoms with Gasteiger partial charge in [-0.05, 0) is 81.8 Å². The van der Waals surface area contributed by atoms with Gasteiger partial charge in [-0.2, -0.15) is 0 Å². The largest absolute Gasteiger partial charge is 0.318 e. The molecule has 158 valence electrons. The van der Waals surface area contributed by atoms with E-state index in [0.717, 1.165) is 46.7 Å². The summed E-state index contributed by atoms with van der Waals surface area (Å²) in [4.78, 5) is 32.9. The molecule has 0 N–H and O–H groups in total. The van der Waals surface area contributed by atoms with Crippen molar-refractivity contribution in [2.75, 3.05) is 0 Å². The molecule has 0 bridgehead atoms. The summed E-state index contributed by atoms with van der Waals surface area (Å²) in [6.45, 7) is 8.16. The van der Waals surface area contributed by atoms with Gasteiger partial charge in [-0.1, -0.05) is 6.07 Å². The maximum Gasteiger partial charge on any atom is 0.262 e. The van der Waals surface area contributed by atoms with Crippen molar-refractivity contribution in [2.45, 2.75) is 53.5 Å². The predicted octanol–water partition coefficient (Wildman–Crippen LogP) is 4.85. The second-order valence-electron chi connectivity index (χ2n) is 8.53. The summed E-state index contributed by atoms with van der Waals surface area (Å²) in [5.74, 6) is -0.0710. The molecule has 0 spiro atoms. The normalized spacial score (nSPS) is 13.2. The van der Waals surface area contributed by atoms with E-state index >= 15 is 0 Å². The zero-order valence-corrected chi connectivity index (χ0v) is 19.1. The number of thiophene rings is 1. The highest BCUT2D eigenvalue weighted by Gasteiger charge is 2.23. The van der Waals surface area contributed by atoms with Crippen LogP contribution in [0.15, 0.2) is 35.4 Å². The van der Waals surface area contributed by atoms with Crippen molar-refractivity contribution in [3.8, 4) is 5.69 Å². The summed E-state index contributed by atoms with van der Waals surface area (Å²) in [6.07, 6.45) is 4.58. The minimum absolute atomic E-state index is 0.00358. The molecular formula is C25H25N3O2S. The topological polar surface area (TPSA) is 56.9 Å². The molecule has 1 aromatic carbocycles. The van der Waals surface area contributed by atoms with Crippen LogP contribution in [-0.4, -0.2) is 19.9 Å². The molecule has 0 radical (unpaired) electrons. The number of hydrogen-bond donors (Lipinski definition) is 0. The second kappa shape index (κ2) is 7.31. The Labute approximate surface area is 185 Å². The molecule has 0 amide bonds. The molecule has 0 aliphatic heterocycles. The van der Waals surface area contributed by atoms with E-state index < -0.39 is 0 Å². The van der Waals surface area contributed by atoms with Crippen LogP contribution in [-0.2, 0) is 19.4 Å². The molecule has 0 saturated carbocycles. The van der Waals surface area contributed by atoms with E-state index in [0.29, 0.717) is 10.9 Å². The van der Waals surface area contributed by atoms with Crippen LogP contribution in [0.4, 0.5) is 0 Å². The third-order valence-corrected chi connectivity index (χ3v) is 7.69. The van der Waals surface area contributed by atoms with Crippen molar-refractivity contribution < 1.29 is 4.79 Å². The van der Waals surface area contributed by atoms with E-state index in [2.05, 4.69) is 41.6 Å². The molecule has 0 saturated heterocycles. The molecule has 4 aromatic rings. The van der Waals surface area contributed by atoms with Gasteiger partial charge in [0.1, 0.15) is 4.83 Å². The standard InChI is InChI=1S/C25H25N3O2S/c1-14-8-9-18(10-15(14)2)28-16(3)11-20(17(28)4)21(29)12-27-13-26-24-23(25(27)30)19-6-5-7-22(19)31-24/h8-11,13H,5-7,12H2,1-4H3. The van der Waals surface area contributed by atoms with Gasteiger partial charge in [-0.25, -0.2) is 4.98 Å². The Morgan fingerprint density at radius 3 is 2.68 bits per heavy atom. The smallest absolute Gasteiger partial charge is 0.262 e. The molecule has 5 rings (SSSR count). The minimum atomic E-state index is -0.0966. The van der Waals surface area contributed by atoms with Gasteiger partial charge in [-0.15, -0.1) is 11.3 Å². The number of carbonyl (C=O) groups excluding carboxylic acids is 1. The summed E-state index contributed by atoms with van der Waals surface area (Å²) < 4.78 is 3.58. The van der Waals surface area contributed by atoms with Crippen LogP contribution in [0.1, 0.15) is 49.7 Å². The Bertz CT molecular complexity index is 1420. The Morgan fingerprint density at radius 1 is 1.10 bits per heavy atom. The van der Waals surface area contributed by atoms with Crippen LogP contribution >= 0.6 is 11.3 Å². The molecule has 0 fully saturated rings. The monoisotopic (exact) mass is 431 g/mol. The maximum atomic E-state index is 13.2. The number of Topliss-reactive ketones (excluding diaryl/α,β-unsaturated/α-hetero) is 1. The first-order valence-corrected chi connectivity index (χ1v) is 11.5. The molecule has 3 heterocycles. The Morgan fingerprint density at radius 2 is 1.90 bits per heavy atom. The van der Waals surface area contributed by atoms with Crippen molar-refractivity contribution in [3.63, 3.8) is 0 Å². The first kappa shape index (κ1) is 19.9. The highest BCUT2D eigenvalue weighted by molar-refractivity contribution is 7.18. The fraction of sp³-hybridized carbons (Fsp3) is 0.320. The number of ketones is 1. The van der Waals surface area contributed by atoms with Crippen molar-refractivity contribution in [3.05, 3.63) is 79.5 Å². The molecule has 5 nitrogen and oxygen atoms in total. The first-order chi connectivity index (χ1) is 14.8. The Hall–Kier alpha value is -2.99. The fourth-order valence-electron chi connectivity index (χ4n) is 4.68. The second-order valence-corrected chi connectivity index (χ2v) is 9.61. The Kier molecular flexibility index (Phi) is 4.70. The number of fused-ring (bicyclic) bond motifs is 3. The molecule has 6 heteroatoms. The third kappa shape index (κ3) is 3.17. The summed E-state index contributed by atoms with van der Waals surface area (Å²) in [7, 11) is 0. The number of benzene rings is 1. The van der Waals surface area contributed by atoms with Crippen LogP contribution in [0.25, 0.3) is 15.9 Å². The van der Waals surface area contributed by atoms with Crippen molar-refractivity contribution >= 4 is 27.3 Å². The molecule has 0 atom stereocenters. The molecule has 1 aliphatic carbocycles. The SMILES string of the molecule is Cc1ccc(-n2c(C)cc(C(=O)Cn3cnc4sc5c(c4c3=O)CCC5)c2C)cc1C. The number of aromatic nitrogens is 3. The number of nitrogens with zero attached hydrogens (tertiary/aromatic N) is 3. The molecule has 0 unspecified atom stereocenters. The molecular weight excluding hydrogens is 406 g/mol. The predicted molar refractivity (Wildman–Crippen MR) is 125 cm³/mol. The van der Waals surface area contributed by atoms with Crippen molar-refractivity contribution in [2.24, 2.45) is 0 Å². The lowest BCUT2D eigenvalue weighted by Crippen LogP contribution is -2.25. The summed E-state index contributed by atoms with van der Waals surface area (Å²) >= 11 is 1.62. The first-order valence-electron chi connectivity index (χ1n) is 10.6. The van der Waals surface area contributed by atoms with Gasteiger partial charge in [0, 0.05) is 27.5 Å². The lowest BCUT2D eigenvalue weighted by atomic mass is 10.1. The average molecular weight is 432 g/mol. The zero-order chi connectivity index (χ0) is 21.9. The molecule has 1 aliphatic rings. The van der Waals surface area contributed by atoms with Gasteiger partial charge >= 0.3 is 0 Å². The maximum absolute atomic E-state index is 13.2. The average Bonchev–Trinajstić information content (AvgIpc) is 3.39. The van der Waals surface area contributed by atoms with Gasteiger partial charge in [0.05, 0.1) is 18.3 Å². The lowest BCUT2D eigenvalue weighted by Gasteiger charge is -2.12. The van der Waals surface area contributed by atoms with E-state index in [1.807, 2.05) is 19.9 Å². The lowest BCUT2D eigenvalue weighted by molar-refractivity contribution is 0.0970. The minimum Gasteiger partial charge on any atom is -0.318 e.